The third kappa shape index (κ3) is 8.64. The van der Waals surface area contributed by atoms with Crippen molar-refractivity contribution in [3.05, 3.63) is 89.0 Å². The largest absolute Gasteiger partial charge is 0.484 e. The molecule has 42 heavy (non-hydrogen) atoms. The lowest BCUT2D eigenvalue weighted by molar-refractivity contribution is -0.123. The molecule has 0 bridgehead atoms. The number of benzene rings is 3. The van der Waals surface area contributed by atoms with Crippen LogP contribution in [0.5, 0.6) is 5.75 Å². The number of hydrogen-bond acceptors (Lipinski definition) is 7. The summed E-state index contributed by atoms with van der Waals surface area (Å²) < 4.78 is 39.3. The summed E-state index contributed by atoms with van der Waals surface area (Å²) in [6.07, 6.45) is 3.46. The van der Waals surface area contributed by atoms with Gasteiger partial charge in [0.15, 0.2) is 6.61 Å². The second-order valence-electron chi connectivity index (χ2n) is 10.3. The minimum atomic E-state index is -4.03. The molecule has 0 radical (unpaired) electrons. The molecule has 2 N–H and O–H groups in total. The highest BCUT2D eigenvalue weighted by Crippen LogP contribution is 2.26. The number of hydrazone groups is 1. The quantitative estimate of drug-likeness (QED) is 0.244. The average Bonchev–Trinajstić information content (AvgIpc) is 3.48. The smallest absolute Gasteiger partial charge is 0.264 e. The minimum absolute atomic E-state index is 0.0698. The van der Waals surface area contributed by atoms with Crippen molar-refractivity contribution < 1.29 is 27.5 Å². The van der Waals surface area contributed by atoms with Crippen LogP contribution in [0.15, 0.2) is 76.7 Å². The fourth-order valence-corrected chi connectivity index (χ4v) is 5.88. The summed E-state index contributed by atoms with van der Waals surface area (Å²) in [5, 5.41) is 6.80. The molecule has 1 heterocycles. The zero-order valence-electron chi connectivity index (χ0n) is 24.0. The zero-order chi connectivity index (χ0) is 30.1. The number of nitrogens with zero attached hydrogens (tertiary/aromatic N) is 2. The zero-order valence-corrected chi connectivity index (χ0v) is 24.8. The fourth-order valence-electron chi connectivity index (χ4n) is 4.47. The van der Waals surface area contributed by atoms with Crippen LogP contribution in [0.4, 0.5) is 5.69 Å². The lowest BCUT2D eigenvalue weighted by Gasteiger charge is -2.24. The Labute approximate surface area is 246 Å². The highest BCUT2D eigenvalue weighted by atomic mass is 32.2. The Morgan fingerprint density at radius 2 is 1.67 bits per heavy atom. The van der Waals surface area contributed by atoms with E-state index in [0.717, 1.165) is 40.4 Å². The van der Waals surface area contributed by atoms with E-state index >= 15 is 0 Å². The maximum absolute atomic E-state index is 13.6. The molecule has 0 unspecified atom stereocenters. The van der Waals surface area contributed by atoms with E-state index in [1.807, 2.05) is 26.8 Å². The van der Waals surface area contributed by atoms with Gasteiger partial charge in [-0.05, 0) is 98.8 Å². The maximum Gasteiger partial charge on any atom is 0.264 e. The molecule has 4 rings (SSSR count). The molecule has 10 nitrogen and oxygen atoms in total. The Kier molecular flexibility index (Phi) is 10.3. The van der Waals surface area contributed by atoms with Crippen LogP contribution in [-0.2, 0) is 24.3 Å². The van der Waals surface area contributed by atoms with E-state index in [9.17, 15) is 18.0 Å². The number of rotatable bonds is 12. The van der Waals surface area contributed by atoms with Gasteiger partial charge in [0.1, 0.15) is 12.3 Å². The number of amides is 2. The summed E-state index contributed by atoms with van der Waals surface area (Å²) in [7, 11) is -4.03. The van der Waals surface area contributed by atoms with Gasteiger partial charge < -0.3 is 14.8 Å². The summed E-state index contributed by atoms with van der Waals surface area (Å²) in [5.41, 5.74) is 6.15. The lowest BCUT2D eigenvalue weighted by Crippen LogP contribution is -2.39. The molecule has 1 aliphatic heterocycles. The minimum Gasteiger partial charge on any atom is -0.484 e. The monoisotopic (exact) mass is 592 g/mol. The van der Waals surface area contributed by atoms with E-state index in [2.05, 4.69) is 15.8 Å². The van der Waals surface area contributed by atoms with Gasteiger partial charge in [0.05, 0.1) is 22.9 Å². The predicted molar refractivity (Wildman–Crippen MR) is 161 cm³/mol. The van der Waals surface area contributed by atoms with Crippen LogP contribution in [0.3, 0.4) is 0 Å². The average molecular weight is 593 g/mol. The Bertz CT molecular complexity index is 1500. The van der Waals surface area contributed by atoms with Crippen LogP contribution in [-0.4, -0.2) is 58.9 Å². The lowest BCUT2D eigenvalue weighted by atomic mass is 10.1. The van der Waals surface area contributed by atoms with Crippen molar-refractivity contribution in [2.75, 3.05) is 30.6 Å². The van der Waals surface area contributed by atoms with Crippen LogP contribution < -0.4 is 19.8 Å². The highest BCUT2D eigenvalue weighted by Gasteiger charge is 2.27. The number of sulfonamides is 1. The number of carbonyl (C=O) groups excluding carboxylic acids is 2. The molecule has 1 atom stereocenters. The first kappa shape index (κ1) is 30.7. The molecule has 0 spiro atoms. The van der Waals surface area contributed by atoms with E-state index in [1.54, 1.807) is 48.5 Å². The van der Waals surface area contributed by atoms with Gasteiger partial charge in [-0.15, -0.1) is 0 Å². The van der Waals surface area contributed by atoms with Gasteiger partial charge in [0.25, 0.3) is 21.8 Å². The van der Waals surface area contributed by atoms with Gasteiger partial charge in [-0.1, -0.05) is 23.8 Å². The van der Waals surface area contributed by atoms with E-state index in [0.29, 0.717) is 23.5 Å². The van der Waals surface area contributed by atoms with Crippen LogP contribution >= 0.6 is 0 Å². The fraction of sp³-hybridized carbons (Fsp3) is 0.323. The third-order valence-corrected chi connectivity index (χ3v) is 8.38. The first-order chi connectivity index (χ1) is 20.1. The molecule has 2 amide bonds. The Hall–Kier alpha value is -4.22. The van der Waals surface area contributed by atoms with Crippen molar-refractivity contribution in [1.29, 1.82) is 0 Å². The van der Waals surface area contributed by atoms with Gasteiger partial charge in [-0.2, -0.15) is 5.10 Å². The number of ether oxygens (including phenoxy) is 2. The van der Waals surface area contributed by atoms with Crippen molar-refractivity contribution in [2.45, 2.75) is 44.6 Å². The molecule has 0 aliphatic carbocycles. The molecule has 3 aromatic carbocycles. The van der Waals surface area contributed by atoms with Crippen LogP contribution in [0.1, 0.15) is 35.1 Å². The summed E-state index contributed by atoms with van der Waals surface area (Å²) in [6.45, 7) is 6.25. The Balaban J connectivity index is 1.35. The number of aryl methyl sites for hydroxylation is 3. The van der Waals surface area contributed by atoms with Crippen molar-refractivity contribution >= 4 is 33.7 Å². The number of nitrogens with one attached hydrogen (secondary N) is 2. The molecule has 0 aromatic heterocycles. The molecular formula is C31H36N4O6S. The molecule has 222 valence electrons. The summed E-state index contributed by atoms with van der Waals surface area (Å²) >= 11 is 0. The van der Waals surface area contributed by atoms with E-state index in [4.69, 9.17) is 9.47 Å². The number of carbonyl (C=O) groups is 2. The van der Waals surface area contributed by atoms with Crippen molar-refractivity contribution in [2.24, 2.45) is 5.10 Å². The molecule has 1 saturated heterocycles. The Morgan fingerprint density at radius 1 is 0.976 bits per heavy atom. The first-order valence-electron chi connectivity index (χ1n) is 13.7. The van der Waals surface area contributed by atoms with Crippen LogP contribution in [0, 0.1) is 20.8 Å². The third-order valence-electron chi connectivity index (χ3n) is 6.59. The summed E-state index contributed by atoms with van der Waals surface area (Å²) in [5.74, 6) is -0.318. The second kappa shape index (κ2) is 14.1. The number of anilines is 1. The first-order valence-corrected chi connectivity index (χ1v) is 15.1. The van der Waals surface area contributed by atoms with Gasteiger partial charge in [-0.25, -0.2) is 13.8 Å². The van der Waals surface area contributed by atoms with E-state index in [-0.39, 0.29) is 23.5 Å². The molecule has 0 saturated carbocycles. The topological polar surface area (TPSA) is 126 Å². The van der Waals surface area contributed by atoms with Gasteiger partial charge in [0, 0.05) is 13.2 Å². The van der Waals surface area contributed by atoms with Crippen LogP contribution in [0.25, 0.3) is 0 Å². The molecule has 3 aromatic rings. The van der Waals surface area contributed by atoms with Gasteiger partial charge in [-0.3, -0.25) is 13.9 Å². The number of hydrogen-bond donors (Lipinski definition) is 2. The van der Waals surface area contributed by atoms with Crippen LogP contribution in [0.2, 0.25) is 0 Å². The summed E-state index contributed by atoms with van der Waals surface area (Å²) in [6, 6.07) is 18.7. The molecule has 1 fully saturated rings. The van der Waals surface area contributed by atoms with Crippen molar-refractivity contribution in [3.63, 3.8) is 0 Å². The molecular weight excluding hydrogens is 556 g/mol. The van der Waals surface area contributed by atoms with E-state index < -0.39 is 22.5 Å². The van der Waals surface area contributed by atoms with Gasteiger partial charge >= 0.3 is 0 Å². The molecule has 1 aliphatic rings. The highest BCUT2D eigenvalue weighted by molar-refractivity contribution is 7.92. The standard InChI is InChI=1S/C31H36N4O6S/c1-22-6-12-29(13-7-22)42(38,39)35(26-16-23(2)15-24(3)17-26)20-30(36)34-33-18-25-8-10-27(11-9-25)41-21-31(37)32-19-28-5-4-14-40-28/h6-13,15-18,28H,4-5,14,19-21H2,1-3H3,(H,32,37)(H,34,36)/b33-18-/t28-/m0/s1. The predicted octanol–water partition coefficient (Wildman–Crippen LogP) is 3.63. The summed E-state index contributed by atoms with van der Waals surface area (Å²) in [4.78, 5) is 25.0. The van der Waals surface area contributed by atoms with Crippen molar-refractivity contribution in [1.82, 2.24) is 10.7 Å². The Morgan fingerprint density at radius 3 is 2.31 bits per heavy atom. The van der Waals surface area contributed by atoms with Crippen molar-refractivity contribution in [3.8, 4) is 5.75 Å². The SMILES string of the molecule is Cc1ccc(S(=O)(=O)N(CC(=O)N/N=C\c2ccc(OCC(=O)NC[C@@H]3CCCO3)cc2)c2cc(C)cc(C)c2)cc1. The molecule has 11 heteroatoms. The van der Waals surface area contributed by atoms with E-state index in [1.165, 1.54) is 18.3 Å². The maximum atomic E-state index is 13.6. The second-order valence-corrected chi connectivity index (χ2v) is 12.1. The van der Waals surface area contributed by atoms with Gasteiger partial charge in [0.2, 0.25) is 0 Å². The normalized spacial score (nSPS) is 15.0.